The first-order valence-corrected chi connectivity index (χ1v) is 6.08. The first-order valence-electron chi connectivity index (χ1n) is 6.08. The number of nitrogens with zero attached hydrogens (tertiary/aromatic N) is 1. The molecule has 1 radical (unpaired) electrons. The monoisotopic (exact) mass is 206 g/mol. The Balaban J connectivity index is 1.82. The third kappa shape index (κ3) is 2.61. The number of hydrogen-bond donors (Lipinski definition) is 0. The Labute approximate surface area is 92.3 Å². The standard InChI is InChI=1S/C13H20NO/c1-11(15)14-9-7-13(8-10-14)12-5-3-2-4-6-12/h2,12-13H,3,5-10H2,1H3. The molecule has 1 amide bonds. The topological polar surface area (TPSA) is 20.3 Å². The van der Waals surface area contributed by atoms with Crippen molar-refractivity contribution in [1.29, 1.82) is 0 Å². The van der Waals surface area contributed by atoms with Gasteiger partial charge in [-0.15, -0.1) is 0 Å². The van der Waals surface area contributed by atoms with Crippen LogP contribution in [0.2, 0.25) is 0 Å². The molecular weight excluding hydrogens is 186 g/mol. The first-order chi connectivity index (χ1) is 7.27. The van der Waals surface area contributed by atoms with Crippen LogP contribution in [0.25, 0.3) is 0 Å². The Morgan fingerprint density at radius 3 is 2.53 bits per heavy atom. The fourth-order valence-corrected chi connectivity index (χ4v) is 2.82. The number of carbonyl (C=O) groups excluding carboxylic acids is 1. The fraction of sp³-hybridized carbons (Fsp3) is 0.769. The summed E-state index contributed by atoms with van der Waals surface area (Å²) in [6.07, 6.45) is 11.6. The largest absolute Gasteiger partial charge is 0.343 e. The van der Waals surface area contributed by atoms with E-state index in [0.717, 1.165) is 31.3 Å². The SMILES string of the molecule is CC(=O)N1CCC(C2C[C]=CCC2)CC1. The number of hydrogen-bond acceptors (Lipinski definition) is 1. The minimum Gasteiger partial charge on any atom is -0.343 e. The van der Waals surface area contributed by atoms with E-state index in [1.165, 1.54) is 25.7 Å². The quantitative estimate of drug-likeness (QED) is 0.645. The van der Waals surface area contributed by atoms with Crippen LogP contribution in [0.15, 0.2) is 6.08 Å². The number of amides is 1. The summed E-state index contributed by atoms with van der Waals surface area (Å²) >= 11 is 0. The van der Waals surface area contributed by atoms with Crippen molar-refractivity contribution in [2.75, 3.05) is 13.1 Å². The van der Waals surface area contributed by atoms with E-state index in [1.54, 1.807) is 6.92 Å². The van der Waals surface area contributed by atoms with Crippen molar-refractivity contribution >= 4 is 5.91 Å². The van der Waals surface area contributed by atoms with E-state index in [0.29, 0.717) is 0 Å². The molecule has 2 rings (SSSR count). The summed E-state index contributed by atoms with van der Waals surface area (Å²) < 4.78 is 0. The Hall–Kier alpha value is -0.790. The maximum atomic E-state index is 11.2. The van der Waals surface area contributed by atoms with Gasteiger partial charge in [-0.2, -0.15) is 0 Å². The third-order valence-electron chi connectivity index (χ3n) is 3.86. The van der Waals surface area contributed by atoms with Crippen LogP contribution in [-0.4, -0.2) is 23.9 Å². The van der Waals surface area contributed by atoms with E-state index in [-0.39, 0.29) is 5.91 Å². The number of allylic oxidation sites excluding steroid dienone is 2. The highest BCUT2D eigenvalue weighted by atomic mass is 16.2. The van der Waals surface area contributed by atoms with Gasteiger partial charge < -0.3 is 4.90 Å². The van der Waals surface area contributed by atoms with Gasteiger partial charge in [0.1, 0.15) is 0 Å². The van der Waals surface area contributed by atoms with E-state index in [9.17, 15) is 4.79 Å². The van der Waals surface area contributed by atoms with Gasteiger partial charge in [-0.3, -0.25) is 4.79 Å². The van der Waals surface area contributed by atoms with Crippen molar-refractivity contribution in [3.63, 3.8) is 0 Å². The van der Waals surface area contributed by atoms with Gasteiger partial charge in [-0.05, 0) is 50.0 Å². The van der Waals surface area contributed by atoms with Crippen LogP contribution in [0.4, 0.5) is 0 Å². The molecule has 0 bridgehead atoms. The second-order valence-electron chi connectivity index (χ2n) is 4.79. The van der Waals surface area contributed by atoms with E-state index in [1.807, 2.05) is 4.90 Å². The van der Waals surface area contributed by atoms with Crippen LogP contribution in [0.1, 0.15) is 39.0 Å². The number of likely N-dealkylation sites (tertiary alicyclic amines) is 1. The van der Waals surface area contributed by atoms with E-state index < -0.39 is 0 Å². The van der Waals surface area contributed by atoms with Gasteiger partial charge in [0, 0.05) is 20.0 Å². The fourth-order valence-electron chi connectivity index (χ4n) is 2.82. The smallest absolute Gasteiger partial charge is 0.219 e. The second kappa shape index (κ2) is 4.82. The third-order valence-corrected chi connectivity index (χ3v) is 3.86. The van der Waals surface area contributed by atoms with E-state index in [2.05, 4.69) is 12.2 Å². The lowest BCUT2D eigenvalue weighted by molar-refractivity contribution is -0.130. The molecule has 2 heteroatoms. The van der Waals surface area contributed by atoms with Gasteiger partial charge in [0.15, 0.2) is 0 Å². The van der Waals surface area contributed by atoms with Gasteiger partial charge in [0.05, 0.1) is 0 Å². The first kappa shape index (κ1) is 10.7. The van der Waals surface area contributed by atoms with Gasteiger partial charge >= 0.3 is 0 Å². The Kier molecular flexibility index (Phi) is 3.45. The van der Waals surface area contributed by atoms with E-state index >= 15 is 0 Å². The Morgan fingerprint density at radius 1 is 1.27 bits per heavy atom. The zero-order chi connectivity index (χ0) is 10.7. The van der Waals surface area contributed by atoms with Gasteiger partial charge in [-0.25, -0.2) is 0 Å². The molecule has 0 spiro atoms. The summed E-state index contributed by atoms with van der Waals surface area (Å²) in [6, 6.07) is 0. The summed E-state index contributed by atoms with van der Waals surface area (Å²) in [5, 5.41) is 0. The lowest BCUT2D eigenvalue weighted by Gasteiger charge is -2.36. The predicted molar refractivity (Wildman–Crippen MR) is 60.1 cm³/mol. The average Bonchev–Trinajstić information content (AvgIpc) is 2.30. The lowest BCUT2D eigenvalue weighted by atomic mass is 9.78. The van der Waals surface area contributed by atoms with Crippen LogP contribution in [-0.2, 0) is 4.79 Å². The molecule has 2 aliphatic rings. The Morgan fingerprint density at radius 2 is 2.00 bits per heavy atom. The number of piperidine rings is 1. The number of carbonyl (C=O) groups is 1. The van der Waals surface area contributed by atoms with Gasteiger partial charge in [0.25, 0.3) is 0 Å². The molecular formula is C13H20NO. The number of rotatable bonds is 1. The molecule has 1 aliphatic heterocycles. The van der Waals surface area contributed by atoms with Crippen LogP contribution < -0.4 is 0 Å². The van der Waals surface area contributed by atoms with Crippen LogP contribution in [0, 0.1) is 17.9 Å². The molecule has 0 saturated carbocycles. The Bertz CT molecular complexity index is 251. The molecule has 1 saturated heterocycles. The summed E-state index contributed by atoms with van der Waals surface area (Å²) in [5.41, 5.74) is 0. The molecule has 0 aromatic carbocycles. The highest BCUT2D eigenvalue weighted by Crippen LogP contribution is 2.32. The maximum Gasteiger partial charge on any atom is 0.219 e. The van der Waals surface area contributed by atoms with Gasteiger partial charge in [-0.1, -0.05) is 6.08 Å². The molecule has 0 aromatic heterocycles. The molecule has 83 valence electrons. The molecule has 0 N–H and O–H groups in total. The predicted octanol–water partition coefficient (Wildman–Crippen LogP) is 2.40. The summed E-state index contributed by atoms with van der Waals surface area (Å²) in [4.78, 5) is 13.2. The van der Waals surface area contributed by atoms with Crippen molar-refractivity contribution < 1.29 is 4.79 Å². The van der Waals surface area contributed by atoms with Crippen LogP contribution >= 0.6 is 0 Å². The van der Waals surface area contributed by atoms with E-state index in [4.69, 9.17) is 0 Å². The van der Waals surface area contributed by atoms with Crippen molar-refractivity contribution in [1.82, 2.24) is 4.90 Å². The minimum absolute atomic E-state index is 0.239. The second-order valence-corrected chi connectivity index (χ2v) is 4.79. The molecule has 1 atom stereocenters. The molecule has 2 nitrogen and oxygen atoms in total. The zero-order valence-electron chi connectivity index (χ0n) is 9.54. The van der Waals surface area contributed by atoms with Crippen molar-refractivity contribution in [2.45, 2.75) is 39.0 Å². The zero-order valence-corrected chi connectivity index (χ0v) is 9.54. The molecule has 0 aromatic rings. The highest BCUT2D eigenvalue weighted by Gasteiger charge is 2.27. The molecule has 1 heterocycles. The molecule has 1 aliphatic carbocycles. The lowest BCUT2D eigenvalue weighted by Crippen LogP contribution is -2.39. The summed E-state index contributed by atoms with van der Waals surface area (Å²) in [6.45, 7) is 3.62. The molecule has 1 fully saturated rings. The van der Waals surface area contributed by atoms with Crippen molar-refractivity contribution in [3.8, 4) is 0 Å². The van der Waals surface area contributed by atoms with Gasteiger partial charge in [0.2, 0.25) is 5.91 Å². The molecule has 1 unspecified atom stereocenters. The highest BCUT2D eigenvalue weighted by molar-refractivity contribution is 5.73. The van der Waals surface area contributed by atoms with Crippen molar-refractivity contribution in [2.24, 2.45) is 11.8 Å². The van der Waals surface area contributed by atoms with Crippen LogP contribution in [0.3, 0.4) is 0 Å². The minimum atomic E-state index is 0.239. The normalized spacial score (nSPS) is 28.1. The average molecular weight is 206 g/mol. The summed E-state index contributed by atoms with van der Waals surface area (Å²) in [5.74, 6) is 1.91. The van der Waals surface area contributed by atoms with Crippen molar-refractivity contribution in [3.05, 3.63) is 12.2 Å². The molecule has 15 heavy (non-hydrogen) atoms. The summed E-state index contributed by atoms with van der Waals surface area (Å²) in [7, 11) is 0. The van der Waals surface area contributed by atoms with Crippen LogP contribution in [0.5, 0.6) is 0 Å². The maximum absolute atomic E-state index is 11.2.